The van der Waals surface area contributed by atoms with Crippen LogP contribution in [0.4, 0.5) is 0 Å². The maximum Gasteiger partial charge on any atom is 0.251 e. The summed E-state index contributed by atoms with van der Waals surface area (Å²) in [4.78, 5) is 17.1. The van der Waals surface area contributed by atoms with Gasteiger partial charge >= 0.3 is 0 Å². The number of rotatable bonds is 7. The maximum atomic E-state index is 12.6. The highest BCUT2D eigenvalue weighted by Gasteiger charge is 2.13. The first kappa shape index (κ1) is 19.2. The molecule has 2 aromatic heterocycles. The number of carbonyl (C=O) groups excluding carboxylic acids is 1. The van der Waals surface area contributed by atoms with Gasteiger partial charge in [0.25, 0.3) is 5.91 Å². The highest BCUT2D eigenvalue weighted by atomic mass is 35.5. The van der Waals surface area contributed by atoms with E-state index in [1.807, 2.05) is 48.1 Å². The summed E-state index contributed by atoms with van der Waals surface area (Å²) in [5.41, 5.74) is 2.96. The second kappa shape index (κ2) is 8.49. The Bertz CT molecular complexity index is 1100. The quantitative estimate of drug-likeness (QED) is 0.489. The van der Waals surface area contributed by atoms with Crippen LogP contribution in [0.1, 0.15) is 35.2 Å². The predicted molar refractivity (Wildman–Crippen MR) is 112 cm³/mol. The van der Waals surface area contributed by atoms with Gasteiger partial charge in [0, 0.05) is 42.0 Å². The van der Waals surface area contributed by atoms with Gasteiger partial charge in [-0.2, -0.15) is 5.10 Å². The number of benzene rings is 2. The van der Waals surface area contributed by atoms with Crippen LogP contribution in [0.3, 0.4) is 0 Å². The Morgan fingerprint density at radius 3 is 2.83 bits per heavy atom. The van der Waals surface area contributed by atoms with Crippen molar-refractivity contribution < 1.29 is 9.21 Å². The van der Waals surface area contributed by atoms with E-state index in [1.54, 1.807) is 24.4 Å². The van der Waals surface area contributed by atoms with Crippen LogP contribution in [0.25, 0.3) is 11.1 Å². The van der Waals surface area contributed by atoms with Crippen LogP contribution in [0, 0.1) is 0 Å². The highest BCUT2D eigenvalue weighted by Crippen LogP contribution is 2.20. The van der Waals surface area contributed by atoms with Crippen LogP contribution in [-0.4, -0.2) is 26.7 Å². The maximum absolute atomic E-state index is 12.6. The predicted octanol–water partition coefficient (Wildman–Crippen LogP) is 4.48. The van der Waals surface area contributed by atoms with Gasteiger partial charge < -0.3 is 9.73 Å². The standard InChI is InChI=1S/C22H21ClN4O2/c1-15(9-12-27-11-2-10-24-27)25-22(28)17-5-8-20-19(14-17)26-21(29-20)13-16-3-6-18(23)7-4-16/h2-8,10-11,14-15H,9,12-13H2,1H3,(H,25,28)/t15-/m0/s1. The molecule has 0 bridgehead atoms. The van der Waals surface area contributed by atoms with E-state index in [4.69, 9.17) is 16.0 Å². The van der Waals surface area contributed by atoms with Crippen molar-refractivity contribution in [3.05, 3.63) is 83.0 Å². The largest absolute Gasteiger partial charge is 0.440 e. The first-order valence-corrected chi connectivity index (χ1v) is 9.87. The number of nitrogens with zero attached hydrogens (tertiary/aromatic N) is 3. The molecule has 2 aromatic carbocycles. The van der Waals surface area contributed by atoms with Gasteiger partial charge in [-0.25, -0.2) is 4.98 Å². The summed E-state index contributed by atoms with van der Waals surface area (Å²) in [6, 6.07) is 14.8. The molecule has 1 atom stereocenters. The summed E-state index contributed by atoms with van der Waals surface area (Å²) in [5.74, 6) is 0.481. The number of nitrogens with one attached hydrogen (secondary N) is 1. The molecule has 7 heteroatoms. The van der Waals surface area contributed by atoms with Crippen molar-refractivity contribution in [3.8, 4) is 0 Å². The molecule has 0 aliphatic rings. The third kappa shape index (κ3) is 4.84. The average molecular weight is 409 g/mol. The molecule has 148 valence electrons. The molecule has 6 nitrogen and oxygen atoms in total. The van der Waals surface area contributed by atoms with Crippen molar-refractivity contribution in [2.24, 2.45) is 0 Å². The molecule has 0 aliphatic heterocycles. The Labute approximate surface area is 173 Å². The normalized spacial score (nSPS) is 12.2. The molecule has 0 aliphatic carbocycles. The Morgan fingerprint density at radius 2 is 2.07 bits per heavy atom. The second-order valence-electron chi connectivity index (χ2n) is 7.03. The number of fused-ring (bicyclic) bond motifs is 1. The van der Waals surface area contributed by atoms with Crippen LogP contribution in [0.2, 0.25) is 5.02 Å². The number of oxazole rings is 1. The lowest BCUT2D eigenvalue weighted by atomic mass is 10.1. The molecular formula is C22H21ClN4O2. The number of carbonyl (C=O) groups is 1. The zero-order valence-corrected chi connectivity index (χ0v) is 16.8. The smallest absolute Gasteiger partial charge is 0.251 e. The third-order valence-corrected chi connectivity index (χ3v) is 4.94. The molecule has 4 rings (SSSR count). The summed E-state index contributed by atoms with van der Waals surface area (Å²) < 4.78 is 7.67. The van der Waals surface area contributed by atoms with Gasteiger partial charge in [-0.1, -0.05) is 23.7 Å². The molecule has 0 saturated heterocycles. The molecular weight excluding hydrogens is 388 g/mol. The number of hydrogen-bond donors (Lipinski definition) is 1. The van der Waals surface area contributed by atoms with E-state index in [0.29, 0.717) is 34.0 Å². The van der Waals surface area contributed by atoms with Crippen molar-refractivity contribution in [1.82, 2.24) is 20.1 Å². The van der Waals surface area contributed by atoms with Crippen LogP contribution in [-0.2, 0) is 13.0 Å². The minimum absolute atomic E-state index is 0.0279. The fourth-order valence-corrected chi connectivity index (χ4v) is 3.23. The Balaban J connectivity index is 1.41. The summed E-state index contributed by atoms with van der Waals surface area (Å²) in [6.07, 6.45) is 5.02. The number of aromatic nitrogens is 3. The van der Waals surface area contributed by atoms with E-state index in [9.17, 15) is 4.79 Å². The van der Waals surface area contributed by atoms with Gasteiger partial charge in [0.2, 0.25) is 0 Å². The van der Waals surface area contributed by atoms with E-state index in [2.05, 4.69) is 15.4 Å². The molecule has 0 radical (unpaired) electrons. The Hall–Kier alpha value is -3.12. The van der Waals surface area contributed by atoms with E-state index in [0.717, 1.165) is 18.5 Å². The SMILES string of the molecule is C[C@@H](CCn1cccn1)NC(=O)c1ccc2oc(Cc3ccc(Cl)cc3)nc2c1. The lowest BCUT2D eigenvalue weighted by molar-refractivity contribution is 0.0937. The molecule has 4 aromatic rings. The molecule has 29 heavy (non-hydrogen) atoms. The van der Waals surface area contributed by atoms with E-state index in [1.165, 1.54) is 0 Å². The van der Waals surface area contributed by atoms with Gasteiger partial charge in [-0.3, -0.25) is 9.48 Å². The molecule has 0 spiro atoms. The summed E-state index contributed by atoms with van der Waals surface area (Å²) in [7, 11) is 0. The van der Waals surface area contributed by atoms with Crippen LogP contribution in [0.5, 0.6) is 0 Å². The fraction of sp³-hybridized carbons (Fsp3) is 0.227. The zero-order valence-electron chi connectivity index (χ0n) is 16.0. The molecule has 0 unspecified atom stereocenters. The molecule has 0 saturated carbocycles. The second-order valence-corrected chi connectivity index (χ2v) is 7.46. The summed E-state index contributed by atoms with van der Waals surface area (Å²) in [5, 5.41) is 7.89. The zero-order chi connectivity index (χ0) is 20.2. The first-order valence-electron chi connectivity index (χ1n) is 9.49. The topological polar surface area (TPSA) is 73.0 Å². The molecule has 1 N–H and O–H groups in total. The van der Waals surface area contributed by atoms with Gasteiger partial charge in [0.1, 0.15) is 5.52 Å². The lowest BCUT2D eigenvalue weighted by Crippen LogP contribution is -2.33. The molecule has 0 fully saturated rings. The van der Waals surface area contributed by atoms with Crippen molar-refractivity contribution >= 4 is 28.6 Å². The number of halogens is 1. The number of amides is 1. The molecule has 2 heterocycles. The minimum Gasteiger partial charge on any atom is -0.440 e. The van der Waals surface area contributed by atoms with Crippen molar-refractivity contribution in [3.63, 3.8) is 0 Å². The van der Waals surface area contributed by atoms with Gasteiger partial charge in [-0.05, 0) is 55.3 Å². The van der Waals surface area contributed by atoms with Gasteiger partial charge in [0.05, 0.1) is 0 Å². The van der Waals surface area contributed by atoms with Crippen LogP contribution < -0.4 is 5.32 Å². The monoisotopic (exact) mass is 408 g/mol. The Morgan fingerprint density at radius 1 is 1.24 bits per heavy atom. The number of aryl methyl sites for hydroxylation is 1. The van der Waals surface area contributed by atoms with Crippen LogP contribution in [0.15, 0.2) is 65.3 Å². The third-order valence-electron chi connectivity index (χ3n) is 4.69. The summed E-state index contributed by atoms with van der Waals surface area (Å²) in [6.45, 7) is 2.74. The van der Waals surface area contributed by atoms with Gasteiger partial charge in [0.15, 0.2) is 11.5 Å². The van der Waals surface area contributed by atoms with Crippen molar-refractivity contribution in [2.45, 2.75) is 32.4 Å². The molecule has 1 amide bonds. The Kier molecular flexibility index (Phi) is 5.62. The van der Waals surface area contributed by atoms with Crippen molar-refractivity contribution in [1.29, 1.82) is 0 Å². The van der Waals surface area contributed by atoms with E-state index < -0.39 is 0 Å². The first-order chi connectivity index (χ1) is 14.1. The van der Waals surface area contributed by atoms with E-state index >= 15 is 0 Å². The number of hydrogen-bond acceptors (Lipinski definition) is 4. The van der Waals surface area contributed by atoms with Crippen LogP contribution >= 0.6 is 11.6 Å². The van der Waals surface area contributed by atoms with Gasteiger partial charge in [-0.15, -0.1) is 0 Å². The highest BCUT2D eigenvalue weighted by molar-refractivity contribution is 6.30. The summed E-state index contributed by atoms with van der Waals surface area (Å²) >= 11 is 5.93. The lowest BCUT2D eigenvalue weighted by Gasteiger charge is -2.13. The average Bonchev–Trinajstić information content (AvgIpc) is 3.36. The minimum atomic E-state index is -0.123. The van der Waals surface area contributed by atoms with Crippen molar-refractivity contribution in [2.75, 3.05) is 0 Å². The van der Waals surface area contributed by atoms with E-state index in [-0.39, 0.29) is 11.9 Å². The fourth-order valence-electron chi connectivity index (χ4n) is 3.11.